The van der Waals surface area contributed by atoms with Gasteiger partial charge in [-0.15, -0.1) is 0 Å². The standard InChI is InChI=1S/C11H13FO/c1-3-8(2)11(13)9-4-6-10(12)7-5-9/h4-8H,3H2,1-2H3. The molecule has 0 spiro atoms. The third-order valence-electron chi connectivity index (χ3n) is 2.19. The number of hydrogen-bond acceptors (Lipinski definition) is 1. The lowest BCUT2D eigenvalue weighted by atomic mass is 9.97. The topological polar surface area (TPSA) is 17.1 Å². The van der Waals surface area contributed by atoms with Crippen molar-refractivity contribution >= 4 is 5.78 Å². The van der Waals surface area contributed by atoms with E-state index in [9.17, 15) is 9.18 Å². The Hall–Kier alpha value is -1.18. The molecule has 2 heteroatoms. The van der Waals surface area contributed by atoms with Gasteiger partial charge >= 0.3 is 0 Å². The smallest absolute Gasteiger partial charge is 0.165 e. The van der Waals surface area contributed by atoms with Crippen LogP contribution in [0.25, 0.3) is 0 Å². The van der Waals surface area contributed by atoms with E-state index in [0.717, 1.165) is 6.42 Å². The highest BCUT2D eigenvalue weighted by atomic mass is 19.1. The van der Waals surface area contributed by atoms with Gasteiger partial charge in [0.1, 0.15) is 5.82 Å². The molecule has 0 aliphatic heterocycles. The second-order valence-corrected chi connectivity index (χ2v) is 3.18. The highest BCUT2D eigenvalue weighted by molar-refractivity contribution is 5.97. The highest BCUT2D eigenvalue weighted by Gasteiger charge is 2.12. The summed E-state index contributed by atoms with van der Waals surface area (Å²) in [7, 11) is 0. The summed E-state index contributed by atoms with van der Waals surface area (Å²) >= 11 is 0. The summed E-state index contributed by atoms with van der Waals surface area (Å²) in [5, 5.41) is 0. The Bertz CT molecular complexity index is 289. The lowest BCUT2D eigenvalue weighted by Crippen LogP contribution is -2.09. The predicted octanol–water partition coefficient (Wildman–Crippen LogP) is 3.05. The third kappa shape index (κ3) is 2.38. The molecule has 0 heterocycles. The van der Waals surface area contributed by atoms with E-state index in [1.807, 2.05) is 13.8 Å². The van der Waals surface area contributed by atoms with Gasteiger partial charge in [0.05, 0.1) is 0 Å². The van der Waals surface area contributed by atoms with Crippen molar-refractivity contribution in [3.05, 3.63) is 35.6 Å². The first kappa shape index (κ1) is 9.90. The number of carbonyl (C=O) groups excluding carboxylic acids is 1. The molecular weight excluding hydrogens is 167 g/mol. The van der Waals surface area contributed by atoms with Gasteiger partial charge in [-0.05, 0) is 30.7 Å². The maximum absolute atomic E-state index is 12.5. The van der Waals surface area contributed by atoms with E-state index in [4.69, 9.17) is 0 Å². The number of hydrogen-bond donors (Lipinski definition) is 0. The molecule has 1 aromatic carbocycles. The average Bonchev–Trinajstić information content (AvgIpc) is 2.17. The fourth-order valence-corrected chi connectivity index (χ4v) is 1.08. The molecule has 0 aliphatic rings. The Kier molecular flexibility index (Phi) is 3.18. The van der Waals surface area contributed by atoms with Crippen LogP contribution in [0.3, 0.4) is 0 Å². The predicted molar refractivity (Wildman–Crippen MR) is 50.2 cm³/mol. The van der Waals surface area contributed by atoms with Gasteiger partial charge in [0.15, 0.2) is 5.78 Å². The van der Waals surface area contributed by atoms with Crippen LogP contribution in [0.5, 0.6) is 0 Å². The van der Waals surface area contributed by atoms with Crippen LogP contribution in [-0.4, -0.2) is 5.78 Å². The zero-order valence-corrected chi connectivity index (χ0v) is 7.88. The Labute approximate surface area is 77.6 Å². The first-order valence-electron chi connectivity index (χ1n) is 4.45. The van der Waals surface area contributed by atoms with Crippen molar-refractivity contribution < 1.29 is 9.18 Å². The van der Waals surface area contributed by atoms with Crippen molar-refractivity contribution in [3.63, 3.8) is 0 Å². The van der Waals surface area contributed by atoms with Crippen molar-refractivity contribution in [2.75, 3.05) is 0 Å². The Morgan fingerprint density at radius 2 is 1.92 bits per heavy atom. The van der Waals surface area contributed by atoms with Gasteiger partial charge in [-0.25, -0.2) is 4.39 Å². The molecule has 1 rings (SSSR count). The van der Waals surface area contributed by atoms with Gasteiger partial charge in [0.25, 0.3) is 0 Å². The van der Waals surface area contributed by atoms with Crippen LogP contribution in [0, 0.1) is 11.7 Å². The zero-order valence-electron chi connectivity index (χ0n) is 7.88. The minimum absolute atomic E-state index is 0.0189. The number of carbonyl (C=O) groups is 1. The zero-order chi connectivity index (χ0) is 9.84. The normalized spacial score (nSPS) is 12.5. The molecule has 0 bridgehead atoms. The van der Waals surface area contributed by atoms with Crippen molar-refractivity contribution in [1.29, 1.82) is 0 Å². The van der Waals surface area contributed by atoms with Crippen LogP contribution in [0.2, 0.25) is 0 Å². The summed E-state index contributed by atoms with van der Waals surface area (Å²) < 4.78 is 12.5. The Morgan fingerprint density at radius 1 is 1.38 bits per heavy atom. The molecule has 0 saturated carbocycles. The van der Waals surface area contributed by atoms with E-state index < -0.39 is 0 Å². The van der Waals surface area contributed by atoms with Crippen molar-refractivity contribution in [2.45, 2.75) is 20.3 Å². The van der Waals surface area contributed by atoms with Gasteiger partial charge in [-0.2, -0.15) is 0 Å². The summed E-state index contributed by atoms with van der Waals surface area (Å²) in [4.78, 5) is 11.6. The quantitative estimate of drug-likeness (QED) is 0.653. The molecule has 13 heavy (non-hydrogen) atoms. The van der Waals surface area contributed by atoms with Crippen molar-refractivity contribution in [1.82, 2.24) is 0 Å². The number of rotatable bonds is 3. The number of halogens is 1. The van der Waals surface area contributed by atoms with Gasteiger partial charge < -0.3 is 0 Å². The molecule has 70 valence electrons. The minimum Gasteiger partial charge on any atom is -0.294 e. The van der Waals surface area contributed by atoms with Crippen LogP contribution in [0.4, 0.5) is 4.39 Å². The summed E-state index contributed by atoms with van der Waals surface area (Å²) in [6.07, 6.45) is 0.816. The number of benzene rings is 1. The largest absolute Gasteiger partial charge is 0.294 e. The van der Waals surface area contributed by atoms with Crippen molar-refractivity contribution in [2.24, 2.45) is 5.92 Å². The van der Waals surface area contributed by atoms with E-state index in [2.05, 4.69) is 0 Å². The molecule has 1 unspecified atom stereocenters. The second-order valence-electron chi connectivity index (χ2n) is 3.18. The molecule has 0 fully saturated rings. The monoisotopic (exact) mass is 180 g/mol. The number of ketones is 1. The van der Waals surface area contributed by atoms with Crippen LogP contribution in [0.1, 0.15) is 30.6 Å². The van der Waals surface area contributed by atoms with Gasteiger partial charge in [-0.1, -0.05) is 13.8 Å². The molecule has 0 aromatic heterocycles. The summed E-state index contributed by atoms with van der Waals surface area (Å²) in [6.45, 7) is 3.85. The fraction of sp³-hybridized carbons (Fsp3) is 0.364. The van der Waals surface area contributed by atoms with Gasteiger partial charge in [0, 0.05) is 11.5 Å². The Balaban J connectivity index is 2.83. The maximum Gasteiger partial charge on any atom is 0.165 e. The first-order chi connectivity index (χ1) is 6.15. The molecule has 0 radical (unpaired) electrons. The van der Waals surface area contributed by atoms with Crippen molar-refractivity contribution in [3.8, 4) is 0 Å². The Morgan fingerprint density at radius 3 is 2.38 bits per heavy atom. The van der Waals surface area contributed by atoms with Gasteiger partial charge in [0.2, 0.25) is 0 Å². The molecule has 0 aliphatic carbocycles. The summed E-state index contributed by atoms with van der Waals surface area (Å²) in [5.41, 5.74) is 0.593. The molecule has 1 nitrogen and oxygen atoms in total. The lowest BCUT2D eigenvalue weighted by Gasteiger charge is -2.06. The van der Waals surface area contributed by atoms with E-state index in [-0.39, 0.29) is 17.5 Å². The average molecular weight is 180 g/mol. The van der Waals surface area contributed by atoms with Crippen LogP contribution >= 0.6 is 0 Å². The van der Waals surface area contributed by atoms with E-state index in [1.165, 1.54) is 24.3 Å². The molecule has 0 N–H and O–H groups in total. The molecule has 0 amide bonds. The lowest BCUT2D eigenvalue weighted by molar-refractivity contribution is 0.0927. The molecule has 1 atom stereocenters. The fourth-order valence-electron chi connectivity index (χ4n) is 1.08. The SMILES string of the molecule is CCC(C)C(=O)c1ccc(F)cc1. The van der Waals surface area contributed by atoms with Crippen LogP contribution in [-0.2, 0) is 0 Å². The molecular formula is C11H13FO. The van der Waals surface area contributed by atoms with E-state index >= 15 is 0 Å². The maximum atomic E-state index is 12.5. The van der Waals surface area contributed by atoms with E-state index in [0.29, 0.717) is 5.56 Å². The van der Waals surface area contributed by atoms with Crippen LogP contribution in [0.15, 0.2) is 24.3 Å². The van der Waals surface area contributed by atoms with Crippen LogP contribution < -0.4 is 0 Å². The minimum atomic E-state index is -0.305. The molecule has 0 saturated heterocycles. The second kappa shape index (κ2) is 4.17. The number of Topliss-reactive ketones (excluding diaryl/α,β-unsaturated/α-hetero) is 1. The summed E-state index contributed by atoms with van der Waals surface area (Å²) in [5.74, 6) is -0.200. The first-order valence-corrected chi connectivity index (χ1v) is 4.45. The molecule has 1 aromatic rings. The van der Waals surface area contributed by atoms with E-state index in [1.54, 1.807) is 0 Å². The van der Waals surface area contributed by atoms with Gasteiger partial charge in [-0.3, -0.25) is 4.79 Å². The third-order valence-corrected chi connectivity index (χ3v) is 2.19. The highest BCUT2D eigenvalue weighted by Crippen LogP contribution is 2.12. The summed E-state index contributed by atoms with van der Waals surface area (Å²) in [6, 6.07) is 5.69.